The predicted molar refractivity (Wildman–Crippen MR) is 57.3 cm³/mol. The van der Waals surface area contributed by atoms with Crippen LogP contribution in [0.5, 0.6) is 0 Å². The fourth-order valence-corrected chi connectivity index (χ4v) is 1.84. The van der Waals surface area contributed by atoms with Crippen LogP contribution in [0.2, 0.25) is 0 Å². The molecule has 90 valence electrons. The Labute approximate surface area is 93.6 Å². The molecule has 1 unspecified atom stereocenters. The van der Waals surface area contributed by atoms with E-state index >= 15 is 0 Å². The number of aryl methyl sites for hydroxylation is 1. The lowest BCUT2D eigenvalue weighted by Gasteiger charge is -2.13. The number of nitrogens with two attached hydrogens (primary N) is 1. The molecule has 1 aliphatic rings. The van der Waals surface area contributed by atoms with Crippen LogP contribution in [0.1, 0.15) is 38.6 Å². The molecule has 0 saturated heterocycles. The number of halogens is 2. The molecule has 1 aliphatic carbocycles. The molecule has 1 fully saturated rings. The maximum Gasteiger partial charge on any atom is 0.273 e. The van der Waals surface area contributed by atoms with E-state index in [0.717, 1.165) is 5.69 Å². The van der Waals surface area contributed by atoms with Crippen molar-refractivity contribution in [3.05, 3.63) is 17.5 Å². The standard InChI is InChI=1S/C11H17F2N3/c1-9(2,3)7-5-8(16(4)15-7)10(14)6-11(10,12)13/h5H,6,14H2,1-4H3. The summed E-state index contributed by atoms with van der Waals surface area (Å²) < 4.78 is 27.8. The van der Waals surface area contributed by atoms with Crippen LogP contribution in [0.15, 0.2) is 6.07 Å². The second-order valence-corrected chi connectivity index (χ2v) is 5.64. The van der Waals surface area contributed by atoms with Gasteiger partial charge in [0.2, 0.25) is 0 Å². The van der Waals surface area contributed by atoms with E-state index in [1.54, 1.807) is 13.1 Å². The molecule has 1 saturated carbocycles. The second kappa shape index (κ2) is 2.83. The minimum Gasteiger partial charge on any atom is -0.315 e. The fourth-order valence-electron chi connectivity index (χ4n) is 1.84. The molecule has 1 aromatic heterocycles. The molecule has 3 nitrogen and oxygen atoms in total. The van der Waals surface area contributed by atoms with Crippen molar-refractivity contribution < 1.29 is 8.78 Å². The van der Waals surface area contributed by atoms with Gasteiger partial charge in [-0.3, -0.25) is 4.68 Å². The van der Waals surface area contributed by atoms with Gasteiger partial charge < -0.3 is 5.73 Å². The van der Waals surface area contributed by atoms with Gasteiger partial charge in [-0.15, -0.1) is 0 Å². The zero-order valence-corrected chi connectivity index (χ0v) is 10.0. The van der Waals surface area contributed by atoms with E-state index < -0.39 is 11.5 Å². The lowest BCUT2D eigenvalue weighted by molar-refractivity contribution is 0.0871. The molecule has 0 spiro atoms. The highest BCUT2D eigenvalue weighted by molar-refractivity contribution is 5.33. The summed E-state index contributed by atoms with van der Waals surface area (Å²) in [5, 5.41) is 4.26. The van der Waals surface area contributed by atoms with Crippen LogP contribution >= 0.6 is 0 Å². The van der Waals surface area contributed by atoms with E-state index in [-0.39, 0.29) is 11.8 Å². The SMILES string of the molecule is Cn1nc(C(C)(C)C)cc1C1(N)CC1(F)F. The smallest absolute Gasteiger partial charge is 0.273 e. The van der Waals surface area contributed by atoms with Gasteiger partial charge in [0.1, 0.15) is 5.54 Å². The Hall–Kier alpha value is -0.970. The molecule has 2 rings (SSSR count). The average Bonchev–Trinajstić information content (AvgIpc) is 2.46. The maximum atomic E-state index is 13.2. The number of hydrogen-bond acceptors (Lipinski definition) is 2. The second-order valence-electron chi connectivity index (χ2n) is 5.64. The normalized spacial score (nSPS) is 28.2. The van der Waals surface area contributed by atoms with Crippen molar-refractivity contribution in [2.45, 2.75) is 44.1 Å². The Morgan fingerprint density at radius 2 is 1.94 bits per heavy atom. The van der Waals surface area contributed by atoms with Crippen LogP contribution in [-0.4, -0.2) is 15.7 Å². The van der Waals surface area contributed by atoms with Crippen molar-refractivity contribution in [2.75, 3.05) is 0 Å². The number of rotatable bonds is 1. The summed E-state index contributed by atoms with van der Waals surface area (Å²) in [7, 11) is 1.66. The van der Waals surface area contributed by atoms with Crippen LogP contribution in [0.3, 0.4) is 0 Å². The molecule has 1 atom stereocenters. The summed E-state index contributed by atoms with van der Waals surface area (Å²) in [5.74, 6) is -2.80. The van der Waals surface area contributed by atoms with Crippen molar-refractivity contribution in [3.63, 3.8) is 0 Å². The molecule has 16 heavy (non-hydrogen) atoms. The van der Waals surface area contributed by atoms with Crippen molar-refractivity contribution >= 4 is 0 Å². The zero-order chi connectivity index (χ0) is 12.4. The summed E-state index contributed by atoms with van der Waals surface area (Å²) >= 11 is 0. The molecular formula is C11H17F2N3. The third-order valence-electron chi connectivity index (χ3n) is 3.13. The van der Waals surface area contributed by atoms with E-state index in [1.807, 2.05) is 20.8 Å². The van der Waals surface area contributed by atoms with Crippen LogP contribution in [-0.2, 0) is 18.0 Å². The van der Waals surface area contributed by atoms with Gasteiger partial charge in [-0.1, -0.05) is 20.8 Å². The number of nitrogens with zero attached hydrogens (tertiary/aromatic N) is 2. The fraction of sp³-hybridized carbons (Fsp3) is 0.727. The maximum absolute atomic E-state index is 13.2. The first-order chi connectivity index (χ1) is 7.08. The topological polar surface area (TPSA) is 43.8 Å². The van der Waals surface area contributed by atoms with E-state index in [2.05, 4.69) is 5.10 Å². The first-order valence-electron chi connectivity index (χ1n) is 5.30. The summed E-state index contributed by atoms with van der Waals surface area (Å²) in [4.78, 5) is 0. The van der Waals surface area contributed by atoms with Gasteiger partial charge in [0, 0.05) is 18.9 Å². The lowest BCUT2D eigenvalue weighted by atomic mass is 9.92. The molecule has 0 amide bonds. The molecule has 0 aliphatic heterocycles. The van der Waals surface area contributed by atoms with Crippen molar-refractivity contribution in [3.8, 4) is 0 Å². The number of alkyl halides is 2. The Morgan fingerprint density at radius 1 is 1.44 bits per heavy atom. The molecule has 0 radical (unpaired) electrons. The molecule has 1 aromatic rings. The monoisotopic (exact) mass is 229 g/mol. The number of hydrogen-bond donors (Lipinski definition) is 1. The van der Waals surface area contributed by atoms with Gasteiger partial charge >= 0.3 is 0 Å². The molecule has 0 bridgehead atoms. The van der Waals surface area contributed by atoms with Crippen LogP contribution in [0, 0.1) is 0 Å². The Bertz CT molecular complexity index is 431. The third-order valence-corrected chi connectivity index (χ3v) is 3.13. The lowest BCUT2D eigenvalue weighted by Crippen LogP contribution is -2.29. The molecule has 1 heterocycles. The Balaban J connectivity index is 2.42. The van der Waals surface area contributed by atoms with Crippen LogP contribution in [0.25, 0.3) is 0 Å². The zero-order valence-electron chi connectivity index (χ0n) is 10.0. The third kappa shape index (κ3) is 1.45. The minimum absolute atomic E-state index is 0.156. The van der Waals surface area contributed by atoms with E-state index in [4.69, 9.17) is 5.73 Å². The van der Waals surface area contributed by atoms with Gasteiger partial charge in [-0.05, 0) is 6.07 Å². The van der Waals surface area contributed by atoms with Gasteiger partial charge in [0.05, 0.1) is 11.4 Å². The molecular weight excluding hydrogens is 212 g/mol. The molecule has 2 N–H and O–H groups in total. The minimum atomic E-state index is -2.80. The van der Waals surface area contributed by atoms with Crippen molar-refractivity contribution in [1.82, 2.24) is 9.78 Å². The van der Waals surface area contributed by atoms with Gasteiger partial charge in [-0.25, -0.2) is 8.78 Å². The first-order valence-corrected chi connectivity index (χ1v) is 5.30. The highest BCUT2D eigenvalue weighted by Crippen LogP contribution is 2.57. The highest BCUT2D eigenvalue weighted by atomic mass is 19.3. The molecule has 5 heteroatoms. The summed E-state index contributed by atoms with van der Waals surface area (Å²) in [5.41, 5.74) is 5.23. The van der Waals surface area contributed by atoms with Crippen molar-refractivity contribution in [2.24, 2.45) is 12.8 Å². The largest absolute Gasteiger partial charge is 0.315 e. The van der Waals surface area contributed by atoms with Crippen LogP contribution < -0.4 is 5.73 Å². The van der Waals surface area contributed by atoms with Gasteiger partial charge in [0.25, 0.3) is 5.92 Å². The van der Waals surface area contributed by atoms with Gasteiger partial charge in [0.15, 0.2) is 0 Å². The van der Waals surface area contributed by atoms with Crippen LogP contribution in [0.4, 0.5) is 8.78 Å². The summed E-state index contributed by atoms with van der Waals surface area (Å²) in [6.07, 6.45) is -0.289. The van der Waals surface area contributed by atoms with E-state index in [9.17, 15) is 8.78 Å². The average molecular weight is 229 g/mol. The van der Waals surface area contributed by atoms with E-state index in [0.29, 0.717) is 5.69 Å². The van der Waals surface area contributed by atoms with Gasteiger partial charge in [-0.2, -0.15) is 5.10 Å². The quantitative estimate of drug-likeness (QED) is 0.799. The first kappa shape index (κ1) is 11.5. The highest BCUT2D eigenvalue weighted by Gasteiger charge is 2.71. The molecule has 0 aromatic carbocycles. The van der Waals surface area contributed by atoms with Crippen molar-refractivity contribution in [1.29, 1.82) is 0 Å². The number of aromatic nitrogens is 2. The summed E-state index contributed by atoms with van der Waals surface area (Å²) in [6.45, 7) is 5.98. The Morgan fingerprint density at radius 3 is 2.25 bits per heavy atom. The van der Waals surface area contributed by atoms with E-state index in [1.165, 1.54) is 4.68 Å². The summed E-state index contributed by atoms with van der Waals surface area (Å²) in [6, 6.07) is 1.70. The Kier molecular flexibility index (Phi) is 2.03. The predicted octanol–water partition coefficient (Wildman–Crippen LogP) is 1.91.